The van der Waals surface area contributed by atoms with Crippen LogP contribution >= 0.6 is 0 Å². The average Bonchev–Trinajstić information content (AvgIpc) is 2.48. The fraction of sp³-hybridized carbons (Fsp3) is 0.562. The van der Waals surface area contributed by atoms with E-state index in [1.807, 2.05) is 18.3 Å². The maximum absolute atomic E-state index is 11.8. The average molecular weight is 305 g/mol. The minimum atomic E-state index is -0.383. The molecule has 0 amide bonds. The summed E-state index contributed by atoms with van der Waals surface area (Å²) >= 11 is 0. The van der Waals surface area contributed by atoms with E-state index < -0.39 is 0 Å². The van der Waals surface area contributed by atoms with Crippen molar-refractivity contribution in [2.75, 3.05) is 19.7 Å². The number of likely N-dealkylation sites (tertiary alicyclic amines) is 1. The van der Waals surface area contributed by atoms with Gasteiger partial charge in [0.25, 0.3) is 0 Å². The van der Waals surface area contributed by atoms with E-state index >= 15 is 0 Å². The Hall–Kier alpha value is -1.95. The van der Waals surface area contributed by atoms with E-state index in [2.05, 4.69) is 9.88 Å². The van der Waals surface area contributed by atoms with Gasteiger partial charge in [0.15, 0.2) is 5.90 Å². The normalized spacial score (nSPS) is 18.7. The van der Waals surface area contributed by atoms with Gasteiger partial charge >= 0.3 is 5.97 Å². The summed E-state index contributed by atoms with van der Waals surface area (Å²) in [5.74, 6) is -0.415. The minimum absolute atomic E-state index is 0.0319. The van der Waals surface area contributed by atoms with E-state index in [-0.39, 0.29) is 24.4 Å². The Balaban J connectivity index is 1.78. The Morgan fingerprint density at radius 1 is 1.55 bits per heavy atom. The molecular formula is C16H23N3O3. The van der Waals surface area contributed by atoms with Crippen LogP contribution in [0.3, 0.4) is 0 Å². The van der Waals surface area contributed by atoms with Crippen molar-refractivity contribution < 1.29 is 14.3 Å². The number of carbonyl (C=O) groups excluding carboxylic acids is 1. The van der Waals surface area contributed by atoms with Crippen molar-refractivity contribution in [1.82, 2.24) is 9.88 Å². The van der Waals surface area contributed by atoms with Crippen LogP contribution in [-0.2, 0) is 20.8 Å². The lowest BCUT2D eigenvalue weighted by atomic mass is 10.1. The van der Waals surface area contributed by atoms with Gasteiger partial charge in [-0.3, -0.25) is 20.1 Å². The fourth-order valence-corrected chi connectivity index (χ4v) is 2.59. The number of hydrogen-bond donors (Lipinski definition) is 1. The molecular weight excluding hydrogens is 282 g/mol. The highest BCUT2D eigenvalue weighted by atomic mass is 16.5. The standard InChI is InChI=1S/C16H23N3O3/c1-2-21-15(17)9-16(20)22-14-6-4-8-19(12-14)11-13-5-3-7-18-10-13/h3,5,7,10,14,17H,2,4,6,8-9,11-12H2,1H3. The van der Waals surface area contributed by atoms with Crippen LogP contribution in [0.4, 0.5) is 0 Å². The van der Waals surface area contributed by atoms with Crippen molar-refractivity contribution in [3.8, 4) is 0 Å². The minimum Gasteiger partial charge on any atom is -0.481 e. The number of pyridine rings is 1. The van der Waals surface area contributed by atoms with Crippen LogP contribution in [0.5, 0.6) is 0 Å². The second-order valence-corrected chi connectivity index (χ2v) is 5.38. The van der Waals surface area contributed by atoms with E-state index in [0.717, 1.165) is 38.0 Å². The molecule has 0 spiro atoms. The Morgan fingerprint density at radius 3 is 3.14 bits per heavy atom. The van der Waals surface area contributed by atoms with E-state index in [1.54, 1.807) is 13.1 Å². The lowest BCUT2D eigenvalue weighted by Gasteiger charge is -2.32. The summed E-state index contributed by atoms with van der Waals surface area (Å²) in [6.45, 7) is 4.72. The molecule has 0 bridgehead atoms. The molecule has 1 atom stereocenters. The Kier molecular flexibility index (Phi) is 6.33. The molecule has 0 aromatic carbocycles. The molecule has 2 rings (SSSR count). The number of aromatic nitrogens is 1. The zero-order chi connectivity index (χ0) is 15.8. The van der Waals surface area contributed by atoms with Gasteiger partial charge in [-0.2, -0.15) is 0 Å². The van der Waals surface area contributed by atoms with Gasteiger partial charge in [-0.25, -0.2) is 0 Å². The molecule has 1 unspecified atom stereocenters. The van der Waals surface area contributed by atoms with Gasteiger partial charge in [-0.1, -0.05) is 6.07 Å². The first kappa shape index (κ1) is 16.4. The molecule has 22 heavy (non-hydrogen) atoms. The van der Waals surface area contributed by atoms with Crippen molar-refractivity contribution in [1.29, 1.82) is 5.41 Å². The predicted molar refractivity (Wildman–Crippen MR) is 82.6 cm³/mol. The molecule has 1 aromatic heterocycles. The number of hydrogen-bond acceptors (Lipinski definition) is 6. The summed E-state index contributed by atoms with van der Waals surface area (Å²) in [5, 5.41) is 7.48. The molecule has 0 radical (unpaired) electrons. The number of piperidine rings is 1. The van der Waals surface area contributed by atoms with Crippen LogP contribution in [-0.4, -0.2) is 47.6 Å². The molecule has 1 aromatic rings. The third-order valence-corrected chi connectivity index (χ3v) is 3.51. The smallest absolute Gasteiger partial charge is 0.315 e. The summed E-state index contributed by atoms with van der Waals surface area (Å²) in [6, 6.07) is 3.97. The number of nitrogens with zero attached hydrogens (tertiary/aromatic N) is 2. The first-order valence-corrected chi connectivity index (χ1v) is 7.68. The van der Waals surface area contributed by atoms with Gasteiger partial charge < -0.3 is 9.47 Å². The van der Waals surface area contributed by atoms with Crippen molar-refractivity contribution in [3.05, 3.63) is 30.1 Å². The predicted octanol–water partition coefficient (Wildman–Crippen LogP) is 1.99. The van der Waals surface area contributed by atoms with Gasteiger partial charge in [0.1, 0.15) is 12.5 Å². The molecule has 1 aliphatic rings. The van der Waals surface area contributed by atoms with Gasteiger partial charge in [0.2, 0.25) is 0 Å². The van der Waals surface area contributed by atoms with Crippen molar-refractivity contribution in [3.63, 3.8) is 0 Å². The first-order chi connectivity index (χ1) is 10.7. The third-order valence-electron chi connectivity index (χ3n) is 3.51. The summed E-state index contributed by atoms with van der Waals surface area (Å²) in [5.41, 5.74) is 1.16. The summed E-state index contributed by atoms with van der Waals surface area (Å²) in [7, 11) is 0. The van der Waals surface area contributed by atoms with Crippen LogP contribution in [0.15, 0.2) is 24.5 Å². The summed E-state index contributed by atoms with van der Waals surface area (Å²) in [6.07, 6.45) is 5.30. The second kappa shape index (κ2) is 8.48. The van der Waals surface area contributed by atoms with Gasteiger partial charge in [-0.15, -0.1) is 0 Å². The van der Waals surface area contributed by atoms with Crippen LogP contribution in [0, 0.1) is 5.41 Å². The number of esters is 1. The Morgan fingerprint density at radius 2 is 2.41 bits per heavy atom. The zero-order valence-corrected chi connectivity index (χ0v) is 13.0. The second-order valence-electron chi connectivity index (χ2n) is 5.38. The number of rotatable bonds is 6. The molecule has 6 nitrogen and oxygen atoms in total. The highest BCUT2D eigenvalue weighted by Gasteiger charge is 2.23. The summed E-state index contributed by atoms with van der Waals surface area (Å²) < 4.78 is 10.4. The van der Waals surface area contributed by atoms with Crippen molar-refractivity contribution in [2.45, 2.75) is 38.8 Å². The van der Waals surface area contributed by atoms with Crippen LogP contribution in [0.25, 0.3) is 0 Å². The van der Waals surface area contributed by atoms with E-state index in [4.69, 9.17) is 14.9 Å². The van der Waals surface area contributed by atoms with Gasteiger partial charge in [-0.05, 0) is 37.9 Å². The van der Waals surface area contributed by atoms with Crippen molar-refractivity contribution >= 4 is 11.9 Å². The fourth-order valence-electron chi connectivity index (χ4n) is 2.59. The number of carbonyl (C=O) groups is 1. The molecule has 6 heteroatoms. The monoisotopic (exact) mass is 305 g/mol. The molecule has 120 valence electrons. The lowest BCUT2D eigenvalue weighted by Crippen LogP contribution is -2.40. The third kappa shape index (κ3) is 5.44. The molecule has 0 saturated carbocycles. The van der Waals surface area contributed by atoms with Crippen LogP contribution < -0.4 is 0 Å². The van der Waals surface area contributed by atoms with E-state index in [1.165, 1.54) is 0 Å². The Labute approximate surface area is 130 Å². The lowest BCUT2D eigenvalue weighted by molar-refractivity contribution is -0.150. The maximum Gasteiger partial charge on any atom is 0.315 e. The molecule has 1 fully saturated rings. The van der Waals surface area contributed by atoms with Crippen LogP contribution in [0.2, 0.25) is 0 Å². The van der Waals surface area contributed by atoms with E-state index in [0.29, 0.717) is 6.61 Å². The molecule has 1 aliphatic heterocycles. The summed E-state index contributed by atoms with van der Waals surface area (Å²) in [4.78, 5) is 18.2. The topological polar surface area (TPSA) is 75.5 Å². The largest absolute Gasteiger partial charge is 0.481 e. The molecule has 2 heterocycles. The molecule has 0 aliphatic carbocycles. The maximum atomic E-state index is 11.8. The van der Waals surface area contributed by atoms with Crippen LogP contribution in [0.1, 0.15) is 31.7 Å². The van der Waals surface area contributed by atoms with E-state index in [9.17, 15) is 4.79 Å². The Bertz CT molecular complexity index is 493. The highest BCUT2D eigenvalue weighted by molar-refractivity contribution is 5.92. The van der Waals surface area contributed by atoms with Gasteiger partial charge in [0, 0.05) is 25.5 Å². The highest BCUT2D eigenvalue weighted by Crippen LogP contribution is 2.16. The van der Waals surface area contributed by atoms with Crippen molar-refractivity contribution in [2.24, 2.45) is 0 Å². The first-order valence-electron chi connectivity index (χ1n) is 7.68. The number of nitrogens with one attached hydrogen (secondary N) is 1. The molecule has 1 saturated heterocycles. The molecule has 1 N–H and O–H groups in total. The zero-order valence-electron chi connectivity index (χ0n) is 13.0. The van der Waals surface area contributed by atoms with Gasteiger partial charge in [0.05, 0.1) is 6.61 Å². The number of ether oxygens (including phenoxy) is 2. The SMILES string of the molecule is CCOC(=N)CC(=O)OC1CCCN(Cc2cccnc2)C1. The quantitative estimate of drug-likeness (QED) is 0.494.